The Balaban J connectivity index is 2.23. The number of likely N-dealkylation sites (N-methyl/N-ethyl adjacent to an activating group) is 1. The van der Waals surface area contributed by atoms with Crippen molar-refractivity contribution in [3.05, 3.63) is 55.4 Å². The van der Waals surface area contributed by atoms with Gasteiger partial charge in [-0.15, -0.1) is 11.3 Å². The molecular weight excluding hydrogens is 349 g/mol. The average molecular weight is 363 g/mol. The molecule has 0 spiro atoms. The summed E-state index contributed by atoms with van der Waals surface area (Å²) in [6.07, 6.45) is 0.674. The van der Waals surface area contributed by atoms with E-state index in [2.05, 4.69) is 39.6 Å². The minimum atomic E-state index is -0.360. The Bertz CT molecular complexity index is 558. The molecule has 2 aromatic rings. The molecule has 19 heavy (non-hydrogen) atoms. The maximum absolute atomic E-state index is 13.5. The van der Waals surface area contributed by atoms with E-state index in [1.54, 1.807) is 17.4 Å². The molecule has 0 fully saturated rings. The molecule has 0 amide bonds. The minimum absolute atomic E-state index is 0.145. The molecule has 5 heteroatoms. The molecule has 2 rings (SSSR count). The highest BCUT2D eigenvalue weighted by Gasteiger charge is 2.15. The molecule has 0 aliphatic heterocycles. The zero-order valence-electron chi connectivity index (χ0n) is 10.4. The zero-order valence-corrected chi connectivity index (χ0v) is 13.6. The first kappa shape index (κ1) is 15.0. The number of halogens is 3. The second-order valence-electron chi connectivity index (χ2n) is 4.21. The summed E-state index contributed by atoms with van der Waals surface area (Å²) in [5.74, 6) is -0.360. The van der Waals surface area contributed by atoms with Gasteiger partial charge in [-0.05, 0) is 57.5 Å². The molecule has 0 bridgehead atoms. The van der Waals surface area contributed by atoms with Gasteiger partial charge < -0.3 is 5.32 Å². The zero-order chi connectivity index (χ0) is 13.8. The highest BCUT2D eigenvalue weighted by atomic mass is 79.9. The number of nitrogens with one attached hydrogen (secondary N) is 1. The number of rotatable bonds is 5. The van der Waals surface area contributed by atoms with Gasteiger partial charge in [0.2, 0.25) is 0 Å². The van der Waals surface area contributed by atoms with Crippen LogP contribution in [-0.2, 0) is 6.42 Å². The molecule has 0 saturated heterocycles. The first-order chi connectivity index (χ1) is 9.11. The fraction of sp³-hybridized carbons (Fsp3) is 0.286. The highest BCUT2D eigenvalue weighted by molar-refractivity contribution is 9.11. The van der Waals surface area contributed by atoms with Gasteiger partial charge in [0.1, 0.15) is 5.82 Å². The second-order valence-corrected chi connectivity index (χ2v) is 6.88. The van der Waals surface area contributed by atoms with Crippen LogP contribution < -0.4 is 5.32 Å². The summed E-state index contributed by atoms with van der Waals surface area (Å²) < 4.78 is 14.6. The maximum atomic E-state index is 13.5. The molecule has 0 aliphatic carbocycles. The molecule has 0 aliphatic rings. The quantitative estimate of drug-likeness (QED) is 0.771. The maximum Gasteiger partial charge on any atom is 0.142 e. The molecule has 0 saturated carbocycles. The number of hydrogen-bond donors (Lipinski definition) is 1. The van der Waals surface area contributed by atoms with E-state index in [0.717, 1.165) is 15.9 Å². The van der Waals surface area contributed by atoms with Gasteiger partial charge in [0, 0.05) is 6.04 Å². The standard InChI is InChI=1S/C14H14BrClFNS/c1-2-18-12(10-7-13(15)19-8-10)6-9-4-3-5-11(17)14(9)16/h3-5,7-8,12,18H,2,6H2,1H3. The monoisotopic (exact) mass is 361 g/mol. The van der Waals surface area contributed by atoms with Gasteiger partial charge in [-0.25, -0.2) is 4.39 Å². The molecule has 0 radical (unpaired) electrons. The van der Waals surface area contributed by atoms with Crippen molar-refractivity contribution in [2.75, 3.05) is 6.54 Å². The van der Waals surface area contributed by atoms with E-state index >= 15 is 0 Å². The normalized spacial score (nSPS) is 12.6. The van der Waals surface area contributed by atoms with Crippen LogP contribution in [0.25, 0.3) is 0 Å². The summed E-state index contributed by atoms with van der Waals surface area (Å²) in [5.41, 5.74) is 2.02. The van der Waals surface area contributed by atoms with Crippen LogP contribution in [0, 0.1) is 5.82 Å². The van der Waals surface area contributed by atoms with Crippen molar-refractivity contribution in [1.29, 1.82) is 0 Å². The van der Waals surface area contributed by atoms with Crippen LogP contribution in [0.2, 0.25) is 5.02 Å². The molecule has 1 aromatic heterocycles. The molecule has 1 atom stereocenters. The van der Waals surface area contributed by atoms with Crippen molar-refractivity contribution in [3.8, 4) is 0 Å². The van der Waals surface area contributed by atoms with Crippen molar-refractivity contribution in [3.63, 3.8) is 0 Å². The fourth-order valence-corrected chi connectivity index (χ4v) is 3.42. The minimum Gasteiger partial charge on any atom is -0.310 e. The van der Waals surface area contributed by atoms with Crippen molar-refractivity contribution in [1.82, 2.24) is 5.32 Å². The second kappa shape index (κ2) is 6.84. The lowest BCUT2D eigenvalue weighted by Crippen LogP contribution is -2.22. The van der Waals surface area contributed by atoms with E-state index < -0.39 is 0 Å². The van der Waals surface area contributed by atoms with Crippen molar-refractivity contribution >= 4 is 38.9 Å². The topological polar surface area (TPSA) is 12.0 Å². The van der Waals surface area contributed by atoms with Gasteiger partial charge in [-0.3, -0.25) is 0 Å². The van der Waals surface area contributed by atoms with Crippen molar-refractivity contribution in [2.24, 2.45) is 0 Å². The van der Waals surface area contributed by atoms with Gasteiger partial charge >= 0.3 is 0 Å². The first-order valence-electron chi connectivity index (χ1n) is 6.02. The summed E-state index contributed by atoms with van der Waals surface area (Å²) in [7, 11) is 0. The molecule has 1 unspecified atom stereocenters. The van der Waals surface area contributed by atoms with E-state index in [4.69, 9.17) is 11.6 Å². The lowest BCUT2D eigenvalue weighted by molar-refractivity contribution is 0.548. The smallest absolute Gasteiger partial charge is 0.142 e. The van der Waals surface area contributed by atoms with Gasteiger partial charge in [0.25, 0.3) is 0 Å². The largest absolute Gasteiger partial charge is 0.310 e. The van der Waals surface area contributed by atoms with Gasteiger partial charge in [-0.2, -0.15) is 0 Å². The Kier molecular flexibility index (Phi) is 5.39. The molecule has 1 heterocycles. The van der Waals surface area contributed by atoms with Crippen LogP contribution >= 0.6 is 38.9 Å². The third-order valence-corrected chi connectivity index (χ3v) is 4.84. The van der Waals surface area contributed by atoms with Crippen LogP contribution in [0.1, 0.15) is 24.1 Å². The van der Waals surface area contributed by atoms with E-state index in [9.17, 15) is 4.39 Å². The third kappa shape index (κ3) is 3.78. The average Bonchev–Trinajstić information content (AvgIpc) is 2.81. The summed E-state index contributed by atoms with van der Waals surface area (Å²) in [6.45, 7) is 2.91. The third-order valence-electron chi connectivity index (χ3n) is 2.90. The Morgan fingerprint density at radius 3 is 2.89 bits per heavy atom. The number of benzene rings is 1. The predicted octanol–water partition coefficient (Wildman–Crippen LogP) is 5.20. The number of hydrogen-bond acceptors (Lipinski definition) is 2. The van der Waals surface area contributed by atoms with Crippen LogP contribution in [0.4, 0.5) is 4.39 Å². The van der Waals surface area contributed by atoms with Crippen LogP contribution in [0.3, 0.4) is 0 Å². The molecular formula is C14H14BrClFNS. The lowest BCUT2D eigenvalue weighted by atomic mass is 10.0. The Hall–Kier alpha value is -0.420. The van der Waals surface area contributed by atoms with E-state index in [-0.39, 0.29) is 16.9 Å². The van der Waals surface area contributed by atoms with Crippen molar-refractivity contribution < 1.29 is 4.39 Å². The molecule has 1 nitrogen and oxygen atoms in total. The van der Waals surface area contributed by atoms with E-state index in [1.165, 1.54) is 11.6 Å². The van der Waals surface area contributed by atoms with E-state index in [0.29, 0.717) is 6.42 Å². The molecule has 102 valence electrons. The fourth-order valence-electron chi connectivity index (χ4n) is 1.99. The lowest BCUT2D eigenvalue weighted by Gasteiger charge is -2.17. The predicted molar refractivity (Wildman–Crippen MR) is 83.6 cm³/mol. The van der Waals surface area contributed by atoms with Gasteiger partial charge in [-0.1, -0.05) is 30.7 Å². The first-order valence-corrected chi connectivity index (χ1v) is 8.07. The highest BCUT2D eigenvalue weighted by Crippen LogP contribution is 2.29. The Morgan fingerprint density at radius 1 is 1.47 bits per heavy atom. The summed E-state index contributed by atoms with van der Waals surface area (Å²) >= 11 is 11.1. The number of thiophene rings is 1. The Morgan fingerprint density at radius 2 is 2.26 bits per heavy atom. The Labute approximate surface area is 129 Å². The van der Waals surface area contributed by atoms with Crippen molar-refractivity contribution in [2.45, 2.75) is 19.4 Å². The summed E-state index contributed by atoms with van der Waals surface area (Å²) in [6, 6.07) is 7.19. The van der Waals surface area contributed by atoms with Crippen LogP contribution in [-0.4, -0.2) is 6.54 Å². The summed E-state index contributed by atoms with van der Waals surface area (Å²) in [5, 5.41) is 5.74. The van der Waals surface area contributed by atoms with Crippen LogP contribution in [0.15, 0.2) is 33.4 Å². The van der Waals surface area contributed by atoms with Gasteiger partial charge in [0.05, 0.1) is 8.81 Å². The van der Waals surface area contributed by atoms with Crippen LogP contribution in [0.5, 0.6) is 0 Å². The van der Waals surface area contributed by atoms with E-state index in [1.807, 2.05) is 6.07 Å². The molecule has 1 aromatic carbocycles. The van der Waals surface area contributed by atoms with Gasteiger partial charge in [0.15, 0.2) is 0 Å². The summed E-state index contributed by atoms with van der Waals surface area (Å²) in [4.78, 5) is 0. The molecule has 1 N–H and O–H groups in total. The SMILES string of the molecule is CCNC(Cc1cccc(F)c1Cl)c1csc(Br)c1.